The highest BCUT2D eigenvalue weighted by Crippen LogP contribution is 2.35. The van der Waals surface area contributed by atoms with Gasteiger partial charge in [0.1, 0.15) is 17.7 Å². The van der Waals surface area contributed by atoms with Gasteiger partial charge in [-0.05, 0) is 24.6 Å². The van der Waals surface area contributed by atoms with E-state index < -0.39 is 35.8 Å². The Labute approximate surface area is 151 Å². The Morgan fingerprint density at radius 2 is 2.00 bits per heavy atom. The number of fused-ring (bicyclic) bond motifs is 1. The lowest BCUT2D eigenvalue weighted by Crippen LogP contribution is -2.47. The van der Waals surface area contributed by atoms with Crippen LogP contribution in [0.3, 0.4) is 0 Å². The van der Waals surface area contributed by atoms with Crippen LogP contribution in [0.4, 0.5) is 22.0 Å². The number of ether oxygens (including phenoxy) is 1. The summed E-state index contributed by atoms with van der Waals surface area (Å²) in [6.45, 7) is 0.741. The number of nitrogens with zero attached hydrogens (tertiary/aromatic N) is 2. The summed E-state index contributed by atoms with van der Waals surface area (Å²) in [5.74, 6) is -2.16. The van der Waals surface area contributed by atoms with Crippen LogP contribution in [-0.2, 0) is 24.0 Å². The van der Waals surface area contributed by atoms with E-state index in [-0.39, 0.29) is 31.3 Å². The van der Waals surface area contributed by atoms with Gasteiger partial charge in [0.05, 0.1) is 18.0 Å². The minimum atomic E-state index is -4.51. The minimum absolute atomic E-state index is 0.0732. The fraction of sp³-hybridized carbons (Fsp3) is 0.471. The number of benzene rings is 1. The zero-order valence-electron chi connectivity index (χ0n) is 14.1. The molecule has 3 heterocycles. The zero-order valence-corrected chi connectivity index (χ0v) is 14.1. The van der Waals surface area contributed by atoms with Gasteiger partial charge in [0.2, 0.25) is 5.82 Å². The van der Waals surface area contributed by atoms with Gasteiger partial charge in [0, 0.05) is 30.7 Å². The normalized spacial score (nSPS) is 26.4. The fourth-order valence-corrected chi connectivity index (χ4v) is 3.70. The quantitative estimate of drug-likeness (QED) is 0.777. The van der Waals surface area contributed by atoms with Crippen molar-refractivity contribution in [3.8, 4) is 0 Å². The Bertz CT molecular complexity index is 829. The molecule has 2 aliphatic heterocycles. The molecule has 0 aliphatic carbocycles. The maximum absolute atomic E-state index is 14.0. The van der Waals surface area contributed by atoms with Crippen LogP contribution < -0.4 is 5.73 Å². The number of aromatic amines is 1. The molecule has 0 saturated carbocycles. The van der Waals surface area contributed by atoms with E-state index in [9.17, 15) is 22.0 Å². The molecule has 1 aromatic heterocycles. The summed E-state index contributed by atoms with van der Waals surface area (Å²) in [5, 5.41) is 0. The van der Waals surface area contributed by atoms with Crippen molar-refractivity contribution in [2.75, 3.05) is 6.61 Å². The number of aromatic nitrogens is 2. The van der Waals surface area contributed by atoms with Crippen molar-refractivity contribution < 1.29 is 26.7 Å². The van der Waals surface area contributed by atoms with Crippen LogP contribution in [0.1, 0.15) is 35.3 Å². The van der Waals surface area contributed by atoms with Crippen molar-refractivity contribution in [1.29, 1.82) is 0 Å². The molecule has 2 aliphatic rings. The molecule has 1 fully saturated rings. The largest absolute Gasteiger partial charge is 0.449 e. The molecule has 3 N–H and O–H groups in total. The Morgan fingerprint density at radius 3 is 2.67 bits per heavy atom. The second-order valence-electron chi connectivity index (χ2n) is 6.89. The highest BCUT2D eigenvalue weighted by atomic mass is 19.4. The number of imidazole rings is 1. The number of hydrogen-bond acceptors (Lipinski definition) is 4. The summed E-state index contributed by atoms with van der Waals surface area (Å²) in [5.41, 5.74) is 6.99. The molecule has 5 nitrogen and oxygen atoms in total. The molecule has 1 aromatic carbocycles. The van der Waals surface area contributed by atoms with Crippen LogP contribution in [-0.4, -0.2) is 33.6 Å². The van der Waals surface area contributed by atoms with E-state index in [4.69, 9.17) is 10.5 Å². The number of nitrogens with two attached hydrogens (primary N) is 1. The standard InChI is InChI=1S/C17H17F5N4O/c18-8-1-2-11(19)10(3-8)15-12(23)4-9(7-27-15)26-5-13-14(6-26)25-16(24-13)17(20,21)22/h1-3,9,12,15H,4-7,23H2,(H,24,25)/t9-,12?,15?/m1/s1. The van der Waals surface area contributed by atoms with Crippen molar-refractivity contribution in [2.45, 2.75) is 43.9 Å². The van der Waals surface area contributed by atoms with Crippen LogP contribution in [0, 0.1) is 11.6 Å². The second kappa shape index (κ2) is 6.54. The molecule has 4 rings (SSSR count). The van der Waals surface area contributed by atoms with Crippen LogP contribution in [0.2, 0.25) is 0 Å². The third-order valence-electron chi connectivity index (χ3n) is 5.03. The first-order chi connectivity index (χ1) is 12.7. The van der Waals surface area contributed by atoms with Gasteiger partial charge in [-0.25, -0.2) is 13.8 Å². The van der Waals surface area contributed by atoms with Crippen molar-refractivity contribution in [1.82, 2.24) is 14.9 Å². The molecule has 0 amide bonds. The average molecular weight is 388 g/mol. The lowest BCUT2D eigenvalue weighted by molar-refractivity contribution is -0.144. The summed E-state index contributed by atoms with van der Waals surface area (Å²) < 4.78 is 71.2. The van der Waals surface area contributed by atoms with Gasteiger partial charge in [-0.15, -0.1) is 0 Å². The summed E-state index contributed by atoms with van der Waals surface area (Å²) >= 11 is 0. The zero-order chi connectivity index (χ0) is 19.3. The molecule has 0 spiro atoms. The van der Waals surface area contributed by atoms with Crippen LogP contribution in [0.15, 0.2) is 18.2 Å². The third kappa shape index (κ3) is 3.44. The van der Waals surface area contributed by atoms with E-state index >= 15 is 0 Å². The molecule has 0 radical (unpaired) electrons. The number of alkyl halides is 3. The van der Waals surface area contributed by atoms with E-state index in [0.717, 1.165) is 18.2 Å². The van der Waals surface area contributed by atoms with E-state index in [0.29, 0.717) is 17.8 Å². The predicted octanol–water partition coefficient (Wildman–Crippen LogP) is 2.88. The number of nitrogens with one attached hydrogen (secondary N) is 1. The molecule has 2 unspecified atom stereocenters. The molecule has 1 saturated heterocycles. The topological polar surface area (TPSA) is 67.2 Å². The molecular formula is C17H17F5N4O. The SMILES string of the molecule is NC1C[C@@H](N2Cc3nc(C(F)(F)F)[nH]c3C2)COC1c1cc(F)ccc1F. The number of halogens is 5. The molecule has 3 atom stereocenters. The minimum Gasteiger partial charge on any atom is -0.370 e. The summed E-state index contributed by atoms with van der Waals surface area (Å²) in [6.07, 6.45) is -4.84. The molecule has 146 valence electrons. The van der Waals surface area contributed by atoms with Gasteiger partial charge in [0.15, 0.2) is 0 Å². The van der Waals surface area contributed by atoms with Gasteiger partial charge in [-0.1, -0.05) is 0 Å². The molecule has 2 aromatic rings. The number of H-pyrrole nitrogens is 1. The van der Waals surface area contributed by atoms with E-state index in [1.54, 1.807) is 0 Å². The smallest absolute Gasteiger partial charge is 0.370 e. The van der Waals surface area contributed by atoms with E-state index in [1.807, 2.05) is 4.90 Å². The van der Waals surface area contributed by atoms with Crippen molar-refractivity contribution in [3.05, 3.63) is 52.6 Å². The van der Waals surface area contributed by atoms with Crippen molar-refractivity contribution in [2.24, 2.45) is 5.73 Å². The monoisotopic (exact) mass is 388 g/mol. The molecule has 10 heteroatoms. The average Bonchev–Trinajstić information content (AvgIpc) is 3.16. The van der Waals surface area contributed by atoms with Crippen molar-refractivity contribution in [3.63, 3.8) is 0 Å². The molecule has 0 bridgehead atoms. The Morgan fingerprint density at radius 1 is 1.22 bits per heavy atom. The Kier molecular flexibility index (Phi) is 4.44. The van der Waals surface area contributed by atoms with Crippen LogP contribution in [0.5, 0.6) is 0 Å². The van der Waals surface area contributed by atoms with Crippen molar-refractivity contribution >= 4 is 0 Å². The first kappa shape index (κ1) is 18.3. The van der Waals surface area contributed by atoms with E-state index in [1.165, 1.54) is 0 Å². The number of hydrogen-bond donors (Lipinski definition) is 2. The summed E-state index contributed by atoms with van der Waals surface area (Å²) in [7, 11) is 0. The first-order valence-electron chi connectivity index (χ1n) is 8.43. The van der Waals surface area contributed by atoms with Gasteiger partial charge in [-0.2, -0.15) is 13.2 Å². The van der Waals surface area contributed by atoms with Crippen LogP contribution in [0.25, 0.3) is 0 Å². The fourth-order valence-electron chi connectivity index (χ4n) is 3.70. The second-order valence-corrected chi connectivity index (χ2v) is 6.89. The summed E-state index contributed by atoms with van der Waals surface area (Å²) in [6, 6.07) is 2.41. The maximum Gasteiger partial charge on any atom is 0.449 e. The van der Waals surface area contributed by atoms with Gasteiger partial charge in [-0.3, -0.25) is 4.90 Å². The van der Waals surface area contributed by atoms with E-state index in [2.05, 4.69) is 9.97 Å². The molecule has 27 heavy (non-hydrogen) atoms. The highest BCUT2D eigenvalue weighted by Gasteiger charge is 2.40. The van der Waals surface area contributed by atoms with Gasteiger partial charge >= 0.3 is 6.18 Å². The lowest BCUT2D eigenvalue weighted by Gasteiger charge is -2.38. The van der Waals surface area contributed by atoms with Gasteiger partial charge in [0.25, 0.3) is 0 Å². The first-order valence-corrected chi connectivity index (χ1v) is 8.43. The Hall–Kier alpha value is -2.04. The maximum atomic E-state index is 14.0. The predicted molar refractivity (Wildman–Crippen MR) is 84.3 cm³/mol. The highest BCUT2D eigenvalue weighted by molar-refractivity contribution is 5.24. The molecular weight excluding hydrogens is 371 g/mol. The van der Waals surface area contributed by atoms with Gasteiger partial charge < -0.3 is 15.5 Å². The van der Waals surface area contributed by atoms with Crippen LogP contribution >= 0.6 is 0 Å². The Balaban J connectivity index is 1.43. The lowest BCUT2D eigenvalue weighted by atomic mass is 9.93. The third-order valence-corrected chi connectivity index (χ3v) is 5.03. The summed E-state index contributed by atoms with van der Waals surface area (Å²) in [4.78, 5) is 7.87. The number of rotatable bonds is 2.